The molecule has 0 spiro atoms. The van der Waals surface area contributed by atoms with Crippen molar-refractivity contribution in [3.8, 4) is 0 Å². The summed E-state index contributed by atoms with van der Waals surface area (Å²) >= 11 is 0. The van der Waals surface area contributed by atoms with Crippen molar-refractivity contribution in [2.45, 2.75) is 92.6 Å². The van der Waals surface area contributed by atoms with Gasteiger partial charge in [0.2, 0.25) is 6.29 Å². The fourth-order valence-corrected chi connectivity index (χ4v) is 5.03. The summed E-state index contributed by atoms with van der Waals surface area (Å²) in [5.74, 6) is 0.00582. The molecule has 0 aromatic heterocycles. The molecule has 1 saturated heterocycles. The highest BCUT2D eigenvalue weighted by molar-refractivity contribution is 5.75. The molecule has 0 radical (unpaired) electrons. The molecule has 3 rings (SSSR count). The summed E-state index contributed by atoms with van der Waals surface area (Å²) in [7, 11) is 1.60. The van der Waals surface area contributed by atoms with Gasteiger partial charge < -0.3 is 73.6 Å². The minimum Gasteiger partial charge on any atom is -0.464 e. The summed E-state index contributed by atoms with van der Waals surface area (Å²) in [5, 5.41) is 45.9. The van der Waals surface area contributed by atoms with Crippen LogP contribution in [0, 0.1) is 5.41 Å². The standard InChI is InChI=1S/C21H42N8O7/c1-19(32)8-33-16(12(30)14(19)28-3)36-20(2)11(24)6-10(23)13(15(20)31)35-17-21(27,29-18(25)26)5-4-9(7-22)34-17/h4,10-17,28,30-32H,5-8,22-24,27H2,1-3H3,(H4,25,26,29)/t10-,11+,12+,13+,14+,15-,16+,17+,19-,20-,21-/m0/s1. The van der Waals surface area contributed by atoms with E-state index in [1.807, 2.05) is 0 Å². The van der Waals surface area contributed by atoms with E-state index in [0.717, 1.165) is 0 Å². The number of guanidine groups is 1. The SMILES string of the molecule is CN[C@@H]1[C@@H](O)[C@@H](O[C@@]2(C)[C@H](N)C[C@H](N)[C@@H](O[C@H]3OC(CN)=CC[C@]3(N)NC(=N)N)[C@@H]2O)OC[C@]1(C)O. The molecule has 0 unspecified atom stereocenters. The number of nitrogens with one attached hydrogen (secondary N) is 3. The van der Waals surface area contributed by atoms with Gasteiger partial charge in [-0.15, -0.1) is 0 Å². The predicted molar refractivity (Wildman–Crippen MR) is 129 cm³/mol. The third-order valence-electron chi connectivity index (χ3n) is 7.29. The second kappa shape index (κ2) is 10.6. The van der Waals surface area contributed by atoms with Gasteiger partial charge in [-0.25, -0.2) is 0 Å². The van der Waals surface area contributed by atoms with E-state index in [1.165, 1.54) is 6.92 Å². The highest BCUT2D eigenvalue weighted by Crippen LogP contribution is 2.38. The molecule has 3 aliphatic rings. The first-order valence-corrected chi connectivity index (χ1v) is 11.9. The number of aliphatic hydroxyl groups excluding tert-OH is 2. The summed E-state index contributed by atoms with van der Waals surface area (Å²) < 4.78 is 23.6. The third kappa shape index (κ3) is 5.46. The first-order valence-electron chi connectivity index (χ1n) is 11.9. The van der Waals surface area contributed by atoms with Crippen LogP contribution in [-0.2, 0) is 18.9 Å². The van der Waals surface area contributed by atoms with Crippen molar-refractivity contribution >= 4 is 5.96 Å². The first-order chi connectivity index (χ1) is 16.7. The normalized spacial score (nSPS) is 47.6. The Balaban J connectivity index is 1.83. The van der Waals surface area contributed by atoms with Gasteiger partial charge in [0.15, 0.2) is 17.9 Å². The minimum absolute atomic E-state index is 0.0777. The number of likely N-dealkylation sites (N-methyl/N-ethyl adjacent to an activating group) is 1. The Hall–Kier alpha value is -1.63. The molecule has 1 saturated carbocycles. The van der Waals surface area contributed by atoms with Gasteiger partial charge in [0, 0.05) is 18.5 Å². The highest BCUT2D eigenvalue weighted by Gasteiger charge is 2.57. The van der Waals surface area contributed by atoms with E-state index in [-0.39, 0.29) is 26.0 Å². The van der Waals surface area contributed by atoms with Gasteiger partial charge in [0.05, 0.1) is 19.2 Å². The van der Waals surface area contributed by atoms with Gasteiger partial charge in [0.1, 0.15) is 35.3 Å². The van der Waals surface area contributed by atoms with Crippen molar-refractivity contribution in [1.29, 1.82) is 5.41 Å². The van der Waals surface area contributed by atoms with E-state index in [4.69, 9.17) is 53.0 Å². The molecule has 2 fully saturated rings. The average molecular weight is 519 g/mol. The molecular formula is C21H42N8O7. The summed E-state index contributed by atoms with van der Waals surface area (Å²) in [4.78, 5) is 0. The molecule has 0 aromatic carbocycles. The first kappa shape index (κ1) is 28.9. The van der Waals surface area contributed by atoms with E-state index < -0.39 is 71.8 Å². The Kier molecular flexibility index (Phi) is 8.54. The number of aliphatic hydroxyl groups is 3. The van der Waals surface area contributed by atoms with E-state index in [1.54, 1.807) is 20.0 Å². The summed E-state index contributed by atoms with van der Waals surface area (Å²) in [6, 6.07) is -2.27. The molecule has 36 heavy (non-hydrogen) atoms. The topological polar surface area (TPSA) is 276 Å². The quantitative estimate of drug-likeness (QED) is 0.0859. The number of hydrogen-bond donors (Lipinski definition) is 11. The molecule has 2 heterocycles. The van der Waals surface area contributed by atoms with Gasteiger partial charge >= 0.3 is 0 Å². The molecule has 0 aromatic rings. The Bertz CT molecular complexity index is 834. The maximum atomic E-state index is 11.4. The molecule has 15 nitrogen and oxygen atoms in total. The Morgan fingerprint density at radius 3 is 2.56 bits per heavy atom. The van der Waals surface area contributed by atoms with Crippen LogP contribution in [0.3, 0.4) is 0 Å². The molecule has 0 amide bonds. The summed E-state index contributed by atoms with van der Waals surface area (Å²) in [6.45, 7) is 3.05. The van der Waals surface area contributed by atoms with Crippen LogP contribution in [0.25, 0.3) is 0 Å². The van der Waals surface area contributed by atoms with Crippen LogP contribution in [0.15, 0.2) is 11.8 Å². The van der Waals surface area contributed by atoms with E-state index in [0.29, 0.717) is 5.76 Å². The summed E-state index contributed by atoms with van der Waals surface area (Å²) in [6.07, 6.45) is -4.22. The zero-order chi connectivity index (χ0) is 27.1. The maximum Gasteiger partial charge on any atom is 0.236 e. The lowest BCUT2D eigenvalue weighted by Crippen LogP contribution is -2.74. The molecule has 11 atom stereocenters. The van der Waals surface area contributed by atoms with Gasteiger partial charge in [-0.05, 0) is 33.4 Å². The number of ether oxygens (including phenoxy) is 4. The average Bonchev–Trinajstić information content (AvgIpc) is 2.78. The summed E-state index contributed by atoms with van der Waals surface area (Å²) in [5.41, 5.74) is 26.1. The van der Waals surface area contributed by atoms with E-state index in [2.05, 4.69) is 10.6 Å². The lowest BCUT2D eigenvalue weighted by molar-refractivity contribution is -0.330. The molecule has 0 bridgehead atoms. The number of nitrogens with two attached hydrogens (primary N) is 5. The second-order valence-electron chi connectivity index (χ2n) is 10.3. The van der Waals surface area contributed by atoms with Gasteiger partial charge in [0.25, 0.3) is 0 Å². The Morgan fingerprint density at radius 2 is 1.97 bits per heavy atom. The number of hydrogen-bond acceptors (Lipinski definition) is 13. The van der Waals surface area contributed by atoms with Crippen molar-refractivity contribution in [3.63, 3.8) is 0 Å². The van der Waals surface area contributed by atoms with Crippen LogP contribution in [0.4, 0.5) is 0 Å². The van der Waals surface area contributed by atoms with E-state index >= 15 is 0 Å². The molecule has 2 aliphatic heterocycles. The van der Waals surface area contributed by atoms with Crippen LogP contribution in [0.5, 0.6) is 0 Å². The molecular weight excluding hydrogens is 476 g/mol. The van der Waals surface area contributed by atoms with E-state index in [9.17, 15) is 15.3 Å². The van der Waals surface area contributed by atoms with Crippen molar-refractivity contribution in [1.82, 2.24) is 10.6 Å². The van der Waals surface area contributed by atoms with Crippen molar-refractivity contribution in [3.05, 3.63) is 11.8 Å². The molecule has 1 aliphatic carbocycles. The number of rotatable bonds is 7. The van der Waals surface area contributed by atoms with Crippen LogP contribution in [0.1, 0.15) is 26.7 Å². The smallest absolute Gasteiger partial charge is 0.236 e. The lowest BCUT2D eigenvalue weighted by Gasteiger charge is -2.53. The molecule has 208 valence electrons. The molecule has 16 N–H and O–H groups in total. The zero-order valence-corrected chi connectivity index (χ0v) is 20.9. The van der Waals surface area contributed by atoms with Crippen LogP contribution >= 0.6 is 0 Å². The van der Waals surface area contributed by atoms with Crippen LogP contribution < -0.4 is 39.3 Å². The van der Waals surface area contributed by atoms with Gasteiger partial charge in [-0.2, -0.15) is 0 Å². The fourth-order valence-electron chi connectivity index (χ4n) is 5.03. The lowest BCUT2D eigenvalue weighted by atomic mass is 9.75. The van der Waals surface area contributed by atoms with Crippen LogP contribution in [0.2, 0.25) is 0 Å². The minimum atomic E-state index is -1.49. The van der Waals surface area contributed by atoms with Gasteiger partial charge in [-0.3, -0.25) is 5.41 Å². The molecule has 15 heteroatoms. The Morgan fingerprint density at radius 1 is 1.31 bits per heavy atom. The van der Waals surface area contributed by atoms with Crippen molar-refractivity contribution in [2.75, 3.05) is 20.2 Å². The maximum absolute atomic E-state index is 11.4. The van der Waals surface area contributed by atoms with Crippen molar-refractivity contribution < 1.29 is 34.3 Å². The zero-order valence-electron chi connectivity index (χ0n) is 20.9. The highest BCUT2D eigenvalue weighted by atomic mass is 16.7. The van der Waals surface area contributed by atoms with Crippen molar-refractivity contribution in [2.24, 2.45) is 28.7 Å². The third-order valence-corrected chi connectivity index (χ3v) is 7.29. The monoisotopic (exact) mass is 518 g/mol. The van der Waals surface area contributed by atoms with Crippen LogP contribution in [-0.4, -0.2) is 107 Å². The fraction of sp³-hybridized carbons (Fsp3) is 0.857. The largest absolute Gasteiger partial charge is 0.464 e. The predicted octanol–water partition coefficient (Wildman–Crippen LogP) is -4.65. The second-order valence-corrected chi connectivity index (χ2v) is 10.3. The Labute approximate surface area is 210 Å². The van der Waals surface area contributed by atoms with Gasteiger partial charge in [-0.1, -0.05) is 0 Å².